The molecule has 0 saturated carbocycles. The summed E-state index contributed by atoms with van der Waals surface area (Å²) in [6.07, 6.45) is 2.66. The number of thioether (sulfide) groups is 1. The number of H-pyrrole nitrogens is 1. The van der Waals surface area contributed by atoms with E-state index in [0.717, 1.165) is 39.6 Å². The maximum atomic E-state index is 13.1. The highest BCUT2D eigenvalue weighted by Crippen LogP contribution is 2.34. The van der Waals surface area contributed by atoms with E-state index >= 15 is 0 Å². The minimum Gasteiger partial charge on any atom is -0.338 e. The average molecular weight is 415 g/mol. The minimum atomic E-state index is 0.106. The fraction of sp³-hybridized carbons (Fsp3) is 0.208. The molecule has 1 N–H and O–H groups in total. The van der Waals surface area contributed by atoms with E-state index in [1.807, 2.05) is 41.3 Å². The molecule has 0 radical (unpaired) electrons. The van der Waals surface area contributed by atoms with Crippen LogP contribution < -0.4 is 4.90 Å². The van der Waals surface area contributed by atoms with Gasteiger partial charge in [-0.2, -0.15) is 0 Å². The third kappa shape index (κ3) is 3.37. The smallest absolute Gasteiger partial charge is 0.237 e. The van der Waals surface area contributed by atoms with Gasteiger partial charge in [0.15, 0.2) is 0 Å². The Balaban J connectivity index is 1.39. The van der Waals surface area contributed by atoms with Crippen LogP contribution in [-0.4, -0.2) is 32.7 Å². The number of fused-ring (bicyclic) bond motifs is 2. The molecule has 1 atom stereocenters. The molecule has 4 aromatic rings. The molecule has 0 fully saturated rings. The number of pyridine rings is 1. The standard InChI is InChI=1S/C24H22N4OS/c1-15-9-10-19-20(12-15)27-23(26-19)18-7-5-11-25-24(18)30-14-22(29)28-16(2)13-17-6-3-4-8-21(17)28/h3-12,16H,13-14H2,1-2H3,(H,26,27)/t16-/m1/s1. The fourth-order valence-electron chi connectivity index (χ4n) is 4.08. The SMILES string of the molecule is Cc1ccc2nc(-c3cccnc3SCC(=O)N3c4ccccc4C[C@H]3C)[nH]c2c1. The van der Waals surface area contributed by atoms with Crippen LogP contribution in [0.2, 0.25) is 0 Å². The van der Waals surface area contributed by atoms with Crippen molar-refractivity contribution in [3.8, 4) is 11.4 Å². The second kappa shape index (κ2) is 7.61. The van der Waals surface area contributed by atoms with Gasteiger partial charge in [-0.1, -0.05) is 36.0 Å². The summed E-state index contributed by atoms with van der Waals surface area (Å²) in [4.78, 5) is 27.7. The molecular weight excluding hydrogens is 392 g/mol. The highest BCUT2D eigenvalue weighted by atomic mass is 32.2. The van der Waals surface area contributed by atoms with Gasteiger partial charge < -0.3 is 9.88 Å². The van der Waals surface area contributed by atoms with Crippen molar-refractivity contribution in [2.45, 2.75) is 31.3 Å². The maximum absolute atomic E-state index is 13.1. The molecule has 5 rings (SSSR count). The van der Waals surface area contributed by atoms with Gasteiger partial charge in [-0.25, -0.2) is 9.97 Å². The number of anilines is 1. The first-order valence-corrected chi connectivity index (χ1v) is 11.0. The Kier molecular flexibility index (Phi) is 4.79. The topological polar surface area (TPSA) is 61.9 Å². The fourth-order valence-corrected chi connectivity index (χ4v) is 4.94. The van der Waals surface area contributed by atoms with Crippen LogP contribution in [0.25, 0.3) is 22.4 Å². The zero-order valence-electron chi connectivity index (χ0n) is 16.9. The maximum Gasteiger partial charge on any atom is 0.237 e. The Morgan fingerprint density at radius 3 is 2.97 bits per heavy atom. The third-order valence-electron chi connectivity index (χ3n) is 5.47. The number of para-hydroxylation sites is 1. The minimum absolute atomic E-state index is 0.106. The summed E-state index contributed by atoms with van der Waals surface area (Å²) in [6.45, 7) is 4.17. The zero-order valence-corrected chi connectivity index (χ0v) is 17.7. The van der Waals surface area contributed by atoms with Gasteiger partial charge in [-0.3, -0.25) is 4.79 Å². The van der Waals surface area contributed by atoms with Gasteiger partial charge in [0.2, 0.25) is 5.91 Å². The molecule has 0 saturated heterocycles. The second-order valence-electron chi connectivity index (χ2n) is 7.70. The Morgan fingerprint density at radius 1 is 1.20 bits per heavy atom. The quantitative estimate of drug-likeness (QED) is 0.477. The molecule has 0 spiro atoms. The number of nitrogens with one attached hydrogen (secondary N) is 1. The number of hydrogen-bond acceptors (Lipinski definition) is 4. The predicted molar refractivity (Wildman–Crippen MR) is 122 cm³/mol. The molecule has 6 heteroatoms. The van der Waals surface area contributed by atoms with Crippen LogP contribution in [0, 0.1) is 6.92 Å². The summed E-state index contributed by atoms with van der Waals surface area (Å²) in [6, 6.07) is 18.4. The molecule has 150 valence electrons. The summed E-state index contributed by atoms with van der Waals surface area (Å²) in [7, 11) is 0. The van der Waals surface area contributed by atoms with Crippen LogP contribution in [0.3, 0.4) is 0 Å². The molecule has 0 unspecified atom stereocenters. The summed E-state index contributed by atoms with van der Waals surface area (Å²) in [5.41, 5.74) is 6.30. The summed E-state index contributed by atoms with van der Waals surface area (Å²) < 4.78 is 0. The van der Waals surface area contributed by atoms with Crippen molar-refractivity contribution in [3.63, 3.8) is 0 Å². The Bertz CT molecular complexity index is 1250. The first-order chi connectivity index (χ1) is 14.6. The number of hydrogen-bond donors (Lipinski definition) is 1. The van der Waals surface area contributed by atoms with Crippen molar-refractivity contribution in [1.29, 1.82) is 0 Å². The van der Waals surface area contributed by atoms with Gasteiger partial charge in [-0.05, 0) is 61.7 Å². The monoisotopic (exact) mass is 414 g/mol. The molecule has 3 heterocycles. The van der Waals surface area contributed by atoms with Gasteiger partial charge in [0.05, 0.1) is 16.8 Å². The lowest BCUT2D eigenvalue weighted by Crippen LogP contribution is -2.37. The molecule has 2 aromatic heterocycles. The van der Waals surface area contributed by atoms with Gasteiger partial charge in [0.25, 0.3) is 0 Å². The van der Waals surface area contributed by atoms with Crippen molar-refractivity contribution >= 4 is 34.4 Å². The largest absolute Gasteiger partial charge is 0.338 e. The second-order valence-corrected chi connectivity index (χ2v) is 8.66. The molecule has 1 amide bonds. The summed E-state index contributed by atoms with van der Waals surface area (Å²) >= 11 is 1.46. The van der Waals surface area contributed by atoms with E-state index in [9.17, 15) is 4.79 Å². The number of benzene rings is 2. The molecule has 2 aromatic carbocycles. The van der Waals surface area contributed by atoms with Crippen LogP contribution in [0.5, 0.6) is 0 Å². The molecule has 0 bridgehead atoms. The third-order valence-corrected chi connectivity index (χ3v) is 6.46. The molecule has 0 aliphatic carbocycles. The van der Waals surface area contributed by atoms with E-state index in [1.165, 1.54) is 22.9 Å². The van der Waals surface area contributed by atoms with Crippen LogP contribution in [0.15, 0.2) is 65.8 Å². The van der Waals surface area contributed by atoms with Crippen LogP contribution in [0.1, 0.15) is 18.1 Å². The molecule has 5 nitrogen and oxygen atoms in total. The van der Waals surface area contributed by atoms with Crippen molar-refractivity contribution < 1.29 is 4.79 Å². The van der Waals surface area contributed by atoms with Crippen LogP contribution in [0.4, 0.5) is 5.69 Å². The number of amides is 1. The summed E-state index contributed by atoms with van der Waals surface area (Å²) in [5, 5.41) is 0.807. The number of nitrogens with zero attached hydrogens (tertiary/aromatic N) is 3. The van der Waals surface area contributed by atoms with Crippen molar-refractivity contribution in [3.05, 3.63) is 71.9 Å². The van der Waals surface area contributed by atoms with Crippen molar-refractivity contribution in [2.24, 2.45) is 0 Å². The number of rotatable bonds is 4. The Morgan fingerprint density at radius 2 is 2.07 bits per heavy atom. The van der Waals surface area contributed by atoms with Crippen LogP contribution in [-0.2, 0) is 11.2 Å². The van der Waals surface area contributed by atoms with E-state index in [2.05, 4.69) is 42.0 Å². The highest BCUT2D eigenvalue weighted by Gasteiger charge is 2.30. The van der Waals surface area contributed by atoms with E-state index < -0.39 is 0 Å². The lowest BCUT2D eigenvalue weighted by Gasteiger charge is -2.22. The number of aryl methyl sites for hydroxylation is 1. The molecule has 1 aliphatic rings. The highest BCUT2D eigenvalue weighted by molar-refractivity contribution is 8.00. The number of carbonyl (C=O) groups excluding carboxylic acids is 1. The van der Waals surface area contributed by atoms with Crippen molar-refractivity contribution in [1.82, 2.24) is 15.0 Å². The Hall–Kier alpha value is -3.12. The van der Waals surface area contributed by atoms with Crippen LogP contribution >= 0.6 is 11.8 Å². The lowest BCUT2D eigenvalue weighted by molar-refractivity contribution is -0.116. The normalized spacial score (nSPS) is 15.5. The first-order valence-electron chi connectivity index (χ1n) is 10.0. The predicted octanol–water partition coefficient (Wildman–Crippen LogP) is 5.00. The van der Waals surface area contributed by atoms with Gasteiger partial charge in [-0.15, -0.1) is 0 Å². The molecule has 30 heavy (non-hydrogen) atoms. The summed E-state index contributed by atoms with van der Waals surface area (Å²) in [5.74, 6) is 1.22. The van der Waals surface area contributed by atoms with E-state index in [4.69, 9.17) is 4.98 Å². The molecular formula is C24H22N4OS. The zero-order chi connectivity index (χ0) is 20.7. The first kappa shape index (κ1) is 18.9. The van der Waals surface area contributed by atoms with Gasteiger partial charge in [0.1, 0.15) is 10.9 Å². The van der Waals surface area contributed by atoms with E-state index in [0.29, 0.717) is 5.75 Å². The van der Waals surface area contributed by atoms with E-state index in [1.54, 1.807) is 6.20 Å². The number of aromatic amines is 1. The average Bonchev–Trinajstić information content (AvgIpc) is 3.31. The van der Waals surface area contributed by atoms with Gasteiger partial charge >= 0.3 is 0 Å². The Labute approximate surface area is 179 Å². The number of imidazole rings is 1. The number of aromatic nitrogens is 3. The van der Waals surface area contributed by atoms with E-state index in [-0.39, 0.29) is 11.9 Å². The van der Waals surface area contributed by atoms with Gasteiger partial charge in [0, 0.05) is 23.5 Å². The lowest BCUT2D eigenvalue weighted by atomic mass is 10.1. The van der Waals surface area contributed by atoms with Crippen molar-refractivity contribution in [2.75, 3.05) is 10.7 Å². The molecule has 1 aliphatic heterocycles. The number of carbonyl (C=O) groups is 1.